The number of aromatic nitrogens is 1. The third kappa shape index (κ3) is 3.67. The summed E-state index contributed by atoms with van der Waals surface area (Å²) in [5.74, 6) is 0.231. The number of carbonyl (C=O) groups is 1. The molecule has 0 spiro atoms. The van der Waals surface area contributed by atoms with Crippen molar-refractivity contribution in [1.29, 1.82) is 0 Å². The normalized spacial score (nSPS) is 23.9. The molecule has 1 atom stereocenters. The Balaban J connectivity index is 1.52. The van der Waals surface area contributed by atoms with E-state index in [0.29, 0.717) is 6.04 Å². The quantitative estimate of drug-likeness (QED) is 0.857. The molecular formula is C18H27N3O. The Bertz CT molecular complexity index is 482. The molecule has 120 valence electrons. The lowest BCUT2D eigenvalue weighted by molar-refractivity contribution is -0.130. The van der Waals surface area contributed by atoms with E-state index in [1.54, 1.807) is 6.92 Å². The molecule has 0 bridgehead atoms. The molecule has 2 aliphatic rings. The van der Waals surface area contributed by atoms with Crippen LogP contribution in [0.3, 0.4) is 0 Å². The third-order valence-corrected chi connectivity index (χ3v) is 5.32. The van der Waals surface area contributed by atoms with Gasteiger partial charge in [-0.05, 0) is 62.8 Å². The van der Waals surface area contributed by atoms with Crippen molar-refractivity contribution in [2.75, 3.05) is 19.6 Å². The summed E-state index contributed by atoms with van der Waals surface area (Å²) in [6.07, 6.45) is 11.1. The Morgan fingerprint density at radius 3 is 2.59 bits per heavy atom. The van der Waals surface area contributed by atoms with Gasteiger partial charge in [0.1, 0.15) is 0 Å². The van der Waals surface area contributed by atoms with Gasteiger partial charge in [-0.25, -0.2) is 0 Å². The molecule has 2 saturated heterocycles. The molecule has 1 amide bonds. The molecule has 0 saturated carbocycles. The second-order valence-corrected chi connectivity index (χ2v) is 6.67. The van der Waals surface area contributed by atoms with E-state index in [0.717, 1.165) is 38.4 Å². The molecule has 0 radical (unpaired) electrons. The third-order valence-electron chi connectivity index (χ3n) is 5.32. The average Bonchev–Trinajstić information content (AvgIpc) is 3.02. The van der Waals surface area contributed by atoms with Gasteiger partial charge in [-0.3, -0.25) is 14.7 Å². The van der Waals surface area contributed by atoms with Crippen molar-refractivity contribution in [3.63, 3.8) is 0 Å². The second kappa shape index (κ2) is 7.23. The molecule has 4 heteroatoms. The van der Waals surface area contributed by atoms with Crippen LogP contribution in [0.4, 0.5) is 0 Å². The minimum atomic E-state index is 0.231. The number of carbonyl (C=O) groups excluding carboxylic acids is 1. The molecule has 3 heterocycles. The lowest BCUT2D eigenvalue weighted by atomic mass is 9.99. The molecule has 22 heavy (non-hydrogen) atoms. The van der Waals surface area contributed by atoms with Crippen molar-refractivity contribution in [3.8, 4) is 0 Å². The van der Waals surface area contributed by atoms with Crippen molar-refractivity contribution >= 4 is 5.91 Å². The van der Waals surface area contributed by atoms with E-state index in [1.165, 1.54) is 31.4 Å². The van der Waals surface area contributed by atoms with Crippen LogP contribution < -0.4 is 0 Å². The van der Waals surface area contributed by atoms with Crippen LogP contribution in [0, 0.1) is 0 Å². The summed E-state index contributed by atoms with van der Waals surface area (Å²) >= 11 is 0. The largest absolute Gasteiger partial charge is 0.343 e. The zero-order chi connectivity index (χ0) is 15.4. The van der Waals surface area contributed by atoms with Crippen LogP contribution in [0.1, 0.15) is 44.6 Å². The predicted octanol–water partition coefficient (Wildman–Crippen LogP) is 2.49. The van der Waals surface area contributed by atoms with E-state index >= 15 is 0 Å². The summed E-state index contributed by atoms with van der Waals surface area (Å²) < 4.78 is 0. The van der Waals surface area contributed by atoms with E-state index < -0.39 is 0 Å². The maximum Gasteiger partial charge on any atom is 0.219 e. The Morgan fingerprint density at radius 2 is 1.91 bits per heavy atom. The van der Waals surface area contributed by atoms with Crippen LogP contribution in [0.25, 0.3) is 0 Å². The molecule has 4 nitrogen and oxygen atoms in total. The summed E-state index contributed by atoms with van der Waals surface area (Å²) in [6, 6.07) is 5.66. The van der Waals surface area contributed by atoms with E-state index in [4.69, 9.17) is 0 Å². The fraction of sp³-hybridized carbons (Fsp3) is 0.667. The number of likely N-dealkylation sites (tertiary alicyclic amines) is 2. The average molecular weight is 301 g/mol. The number of nitrogens with zero attached hydrogens (tertiary/aromatic N) is 3. The summed E-state index contributed by atoms with van der Waals surface area (Å²) in [5.41, 5.74) is 1.40. The summed E-state index contributed by atoms with van der Waals surface area (Å²) in [6.45, 7) is 4.81. The van der Waals surface area contributed by atoms with Crippen molar-refractivity contribution in [2.24, 2.45) is 0 Å². The maximum absolute atomic E-state index is 11.5. The molecule has 0 N–H and O–H groups in total. The first-order valence-corrected chi connectivity index (χ1v) is 8.64. The van der Waals surface area contributed by atoms with Crippen LogP contribution in [-0.2, 0) is 11.2 Å². The van der Waals surface area contributed by atoms with E-state index in [-0.39, 0.29) is 5.91 Å². The van der Waals surface area contributed by atoms with Gasteiger partial charge in [-0.2, -0.15) is 0 Å². The number of amides is 1. The van der Waals surface area contributed by atoms with Gasteiger partial charge in [-0.15, -0.1) is 0 Å². The monoisotopic (exact) mass is 301 g/mol. The van der Waals surface area contributed by atoms with Crippen LogP contribution >= 0.6 is 0 Å². The topological polar surface area (TPSA) is 36.4 Å². The van der Waals surface area contributed by atoms with Crippen LogP contribution in [-0.4, -0.2) is 52.4 Å². The van der Waals surface area contributed by atoms with E-state index in [1.807, 2.05) is 17.3 Å². The molecule has 2 aliphatic heterocycles. The Labute approximate surface area is 133 Å². The molecule has 1 aromatic rings. The zero-order valence-corrected chi connectivity index (χ0v) is 13.6. The van der Waals surface area contributed by atoms with Gasteiger partial charge < -0.3 is 4.90 Å². The Kier molecular flexibility index (Phi) is 5.08. The van der Waals surface area contributed by atoms with E-state index in [9.17, 15) is 4.79 Å². The van der Waals surface area contributed by atoms with Crippen LogP contribution in [0.15, 0.2) is 24.5 Å². The van der Waals surface area contributed by atoms with Gasteiger partial charge in [0.15, 0.2) is 0 Å². The van der Waals surface area contributed by atoms with Crippen molar-refractivity contribution in [1.82, 2.24) is 14.8 Å². The minimum absolute atomic E-state index is 0.231. The highest BCUT2D eigenvalue weighted by Gasteiger charge is 2.32. The highest BCUT2D eigenvalue weighted by atomic mass is 16.2. The number of hydrogen-bond acceptors (Lipinski definition) is 3. The fourth-order valence-electron chi connectivity index (χ4n) is 4.04. The Morgan fingerprint density at radius 1 is 1.18 bits per heavy atom. The van der Waals surface area contributed by atoms with Gasteiger partial charge in [0.2, 0.25) is 5.91 Å². The molecule has 1 aromatic heterocycles. The first kappa shape index (κ1) is 15.5. The highest BCUT2D eigenvalue weighted by Crippen LogP contribution is 2.28. The SMILES string of the molecule is CC(=O)N1CCC(N2CCC[C@H]2CCc2ccncc2)CC1. The number of piperidine rings is 1. The first-order valence-electron chi connectivity index (χ1n) is 8.64. The predicted molar refractivity (Wildman–Crippen MR) is 87.6 cm³/mol. The van der Waals surface area contributed by atoms with Gasteiger partial charge in [-0.1, -0.05) is 0 Å². The van der Waals surface area contributed by atoms with Gasteiger partial charge in [0, 0.05) is 44.5 Å². The maximum atomic E-state index is 11.5. The minimum Gasteiger partial charge on any atom is -0.343 e. The first-order chi connectivity index (χ1) is 10.7. The molecular weight excluding hydrogens is 274 g/mol. The summed E-state index contributed by atoms with van der Waals surface area (Å²) in [5, 5.41) is 0. The molecule has 0 unspecified atom stereocenters. The standard InChI is InChI=1S/C18H27N3O/c1-15(22)20-13-8-18(9-14-20)21-12-2-3-17(21)5-4-16-6-10-19-11-7-16/h6-7,10-11,17-18H,2-5,8-9,12-14H2,1H3/t17-/m0/s1. The van der Waals surface area contributed by atoms with Crippen LogP contribution in [0.2, 0.25) is 0 Å². The number of hydrogen-bond donors (Lipinski definition) is 0. The van der Waals surface area contributed by atoms with Gasteiger partial charge in [0.05, 0.1) is 0 Å². The highest BCUT2D eigenvalue weighted by molar-refractivity contribution is 5.73. The molecule has 3 rings (SSSR count). The Hall–Kier alpha value is -1.42. The van der Waals surface area contributed by atoms with E-state index in [2.05, 4.69) is 22.0 Å². The van der Waals surface area contributed by atoms with Crippen molar-refractivity contribution < 1.29 is 4.79 Å². The van der Waals surface area contributed by atoms with Crippen molar-refractivity contribution in [3.05, 3.63) is 30.1 Å². The van der Waals surface area contributed by atoms with Gasteiger partial charge in [0.25, 0.3) is 0 Å². The van der Waals surface area contributed by atoms with Crippen LogP contribution in [0.5, 0.6) is 0 Å². The summed E-state index contributed by atoms with van der Waals surface area (Å²) in [7, 11) is 0. The molecule has 0 aliphatic carbocycles. The fourth-order valence-corrected chi connectivity index (χ4v) is 4.04. The summed E-state index contributed by atoms with van der Waals surface area (Å²) in [4.78, 5) is 20.3. The lowest BCUT2D eigenvalue weighted by Gasteiger charge is -2.39. The number of rotatable bonds is 4. The second-order valence-electron chi connectivity index (χ2n) is 6.67. The lowest BCUT2D eigenvalue weighted by Crippen LogP contribution is -2.47. The van der Waals surface area contributed by atoms with Crippen molar-refractivity contribution in [2.45, 2.75) is 57.5 Å². The number of pyridine rings is 1. The van der Waals surface area contributed by atoms with Gasteiger partial charge >= 0.3 is 0 Å². The smallest absolute Gasteiger partial charge is 0.219 e. The zero-order valence-electron chi connectivity index (χ0n) is 13.6. The molecule has 2 fully saturated rings. The molecule has 0 aromatic carbocycles. The number of aryl methyl sites for hydroxylation is 1.